The molecule has 0 saturated heterocycles. The van der Waals surface area contributed by atoms with Crippen LogP contribution in [-0.2, 0) is 4.79 Å². The number of non-ortho nitro benzene ring substituents is 1. The van der Waals surface area contributed by atoms with Gasteiger partial charge in [-0.2, -0.15) is 0 Å². The Morgan fingerprint density at radius 3 is 2.60 bits per heavy atom. The van der Waals surface area contributed by atoms with E-state index in [1.165, 1.54) is 24.3 Å². The SMILES string of the molecule is C[C@H](Nc1cccc2c1OCCO2)C(=O)Nc1ccc([N+](=O)[O-])cc1. The van der Waals surface area contributed by atoms with Crippen LogP contribution >= 0.6 is 0 Å². The quantitative estimate of drug-likeness (QED) is 0.639. The molecule has 1 aliphatic heterocycles. The lowest BCUT2D eigenvalue weighted by Gasteiger charge is -2.23. The Hall–Kier alpha value is -3.29. The van der Waals surface area contributed by atoms with E-state index in [1.54, 1.807) is 13.0 Å². The fraction of sp³-hybridized carbons (Fsp3) is 0.235. The number of anilines is 2. The Morgan fingerprint density at radius 2 is 1.88 bits per heavy atom. The highest BCUT2D eigenvalue weighted by molar-refractivity contribution is 5.96. The van der Waals surface area contributed by atoms with Crippen molar-refractivity contribution in [1.82, 2.24) is 0 Å². The topological polar surface area (TPSA) is 103 Å². The highest BCUT2D eigenvalue weighted by Gasteiger charge is 2.19. The van der Waals surface area contributed by atoms with Gasteiger partial charge in [0.1, 0.15) is 19.3 Å². The number of hydrogen-bond donors (Lipinski definition) is 2. The molecule has 2 aromatic rings. The Kier molecular flexibility index (Phi) is 4.69. The lowest BCUT2D eigenvalue weighted by atomic mass is 10.2. The van der Waals surface area contributed by atoms with Crippen molar-refractivity contribution in [3.05, 3.63) is 52.6 Å². The second kappa shape index (κ2) is 7.08. The predicted molar refractivity (Wildman–Crippen MR) is 92.2 cm³/mol. The van der Waals surface area contributed by atoms with E-state index >= 15 is 0 Å². The molecule has 0 bridgehead atoms. The molecule has 0 radical (unpaired) electrons. The molecule has 0 saturated carbocycles. The van der Waals surface area contributed by atoms with E-state index in [2.05, 4.69) is 10.6 Å². The van der Waals surface area contributed by atoms with Crippen LogP contribution in [0, 0.1) is 10.1 Å². The van der Waals surface area contributed by atoms with Gasteiger partial charge in [-0.25, -0.2) is 0 Å². The van der Waals surface area contributed by atoms with Crippen LogP contribution in [-0.4, -0.2) is 30.1 Å². The molecule has 8 heteroatoms. The summed E-state index contributed by atoms with van der Waals surface area (Å²) in [7, 11) is 0. The van der Waals surface area contributed by atoms with Gasteiger partial charge in [-0.15, -0.1) is 0 Å². The molecule has 25 heavy (non-hydrogen) atoms. The minimum atomic E-state index is -0.549. The van der Waals surface area contributed by atoms with Crippen molar-refractivity contribution in [1.29, 1.82) is 0 Å². The van der Waals surface area contributed by atoms with E-state index in [0.717, 1.165) is 0 Å². The summed E-state index contributed by atoms with van der Waals surface area (Å²) in [5.41, 5.74) is 1.12. The number of hydrogen-bond acceptors (Lipinski definition) is 6. The minimum Gasteiger partial charge on any atom is -0.486 e. The molecule has 130 valence electrons. The number of nitro benzene ring substituents is 1. The zero-order chi connectivity index (χ0) is 17.8. The minimum absolute atomic E-state index is 0.0303. The summed E-state index contributed by atoms with van der Waals surface area (Å²) in [6.07, 6.45) is 0. The van der Waals surface area contributed by atoms with Gasteiger partial charge in [0.25, 0.3) is 5.69 Å². The molecule has 0 spiro atoms. The van der Waals surface area contributed by atoms with Crippen LogP contribution in [0.1, 0.15) is 6.92 Å². The first kappa shape index (κ1) is 16.6. The van der Waals surface area contributed by atoms with Crippen LogP contribution < -0.4 is 20.1 Å². The van der Waals surface area contributed by atoms with Gasteiger partial charge in [-0.05, 0) is 31.2 Å². The molecule has 0 unspecified atom stereocenters. The van der Waals surface area contributed by atoms with Crippen LogP contribution in [0.2, 0.25) is 0 Å². The van der Waals surface area contributed by atoms with Gasteiger partial charge in [0.15, 0.2) is 11.5 Å². The van der Waals surface area contributed by atoms with E-state index in [4.69, 9.17) is 9.47 Å². The molecule has 1 atom stereocenters. The highest BCUT2D eigenvalue weighted by atomic mass is 16.6. The van der Waals surface area contributed by atoms with Gasteiger partial charge >= 0.3 is 0 Å². The van der Waals surface area contributed by atoms with Crippen LogP contribution in [0.25, 0.3) is 0 Å². The molecular weight excluding hydrogens is 326 g/mol. The Labute approximate surface area is 143 Å². The van der Waals surface area contributed by atoms with E-state index < -0.39 is 11.0 Å². The molecule has 3 rings (SSSR count). The van der Waals surface area contributed by atoms with E-state index in [1.807, 2.05) is 12.1 Å². The van der Waals surface area contributed by atoms with Crippen LogP contribution in [0.4, 0.5) is 17.1 Å². The predicted octanol–water partition coefficient (Wildman–Crippen LogP) is 2.81. The molecule has 0 aromatic heterocycles. The number of para-hydroxylation sites is 1. The van der Waals surface area contributed by atoms with Crippen molar-refractivity contribution in [3.63, 3.8) is 0 Å². The van der Waals surface area contributed by atoms with Crippen molar-refractivity contribution < 1.29 is 19.2 Å². The average Bonchev–Trinajstić information content (AvgIpc) is 2.62. The maximum Gasteiger partial charge on any atom is 0.269 e. The standard InChI is InChI=1S/C17H17N3O5/c1-11(17(21)19-12-5-7-13(8-6-12)20(22)23)18-14-3-2-4-15-16(14)25-10-9-24-15/h2-8,11,18H,9-10H2,1H3,(H,19,21)/t11-/m0/s1. The first-order valence-electron chi connectivity index (χ1n) is 7.75. The molecule has 8 nitrogen and oxygen atoms in total. The Balaban J connectivity index is 1.66. The number of carbonyl (C=O) groups excluding carboxylic acids is 1. The monoisotopic (exact) mass is 343 g/mol. The maximum absolute atomic E-state index is 12.3. The first-order chi connectivity index (χ1) is 12.0. The fourth-order valence-electron chi connectivity index (χ4n) is 2.40. The largest absolute Gasteiger partial charge is 0.486 e. The summed E-state index contributed by atoms with van der Waals surface area (Å²) in [6.45, 7) is 2.66. The molecule has 2 N–H and O–H groups in total. The third kappa shape index (κ3) is 3.79. The third-order valence-corrected chi connectivity index (χ3v) is 3.68. The number of benzene rings is 2. The van der Waals surface area contributed by atoms with Gasteiger partial charge in [-0.1, -0.05) is 6.07 Å². The molecule has 2 aromatic carbocycles. The van der Waals surface area contributed by atoms with Gasteiger partial charge in [0.05, 0.1) is 10.6 Å². The second-order valence-corrected chi connectivity index (χ2v) is 5.49. The van der Waals surface area contributed by atoms with E-state index in [0.29, 0.717) is 36.1 Å². The van der Waals surface area contributed by atoms with Gasteiger partial charge in [0.2, 0.25) is 5.91 Å². The van der Waals surface area contributed by atoms with Crippen LogP contribution in [0.3, 0.4) is 0 Å². The lowest BCUT2D eigenvalue weighted by Crippen LogP contribution is -2.32. The average molecular weight is 343 g/mol. The Bertz CT molecular complexity index is 791. The molecule has 1 amide bonds. The van der Waals surface area contributed by atoms with Crippen LogP contribution in [0.15, 0.2) is 42.5 Å². The number of nitro groups is 1. The number of carbonyl (C=O) groups is 1. The second-order valence-electron chi connectivity index (χ2n) is 5.49. The number of rotatable bonds is 5. The van der Waals surface area contributed by atoms with Gasteiger partial charge in [-0.3, -0.25) is 14.9 Å². The normalized spacial score (nSPS) is 13.6. The zero-order valence-electron chi connectivity index (χ0n) is 13.5. The van der Waals surface area contributed by atoms with E-state index in [9.17, 15) is 14.9 Å². The number of nitrogens with one attached hydrogen (secondary N) is 2. The summed E-state index contributed by atoms with van der Waals surface area (Å²) >= 11 is 0. The van der Waals surface area contributed by atoms with Crippen molar-refractivity contribution in [2.75, 3.05) is 23.8 Å². The summed E-state index contributed by atoms with van der Waals surface area (Å²) < 4.78 is 11.1. The zero-order valence-corrected chi connectivity index (χ0v) is 13.5. The summed E-state index contributed by atoms with van der Waals surface area (Å²) in [6, 6.07) is 10.5. The smallest absolute Gasteiger partial charge is 0.269 e. The Morgan fingerprint density at radius 1 is 1.16 bits per heavy atom. The fourth-order valence-corrected chi connectivity index (χ4v) is 2.40. The summed E-state index contributed by atoms with van der Waals surface area (Å²) in [5.74, 6) is 0.950. The number of amides is 1. The van der Waals surface area contributed by atoms with Gasteiger partial charge in [0, 0.05) is 17.8 Å². The van der Waals surface area contributed by atoms with Crippen molar-refractivity contribution >= 4 is 23.0 Å². The van der Waals surface area contributed by atoms with Crippen molar-refractivity contribution in [2.24, 2.45) is 0 Å². The molecule has 1 aliphatic rings. The highest BCUT2D eigenvalue weighted by Crippen LogP contribution is 2.37. The van der Waals surface area contributed by atoms with Crippen molar-refractivity contribution in [3.8, 4) is 11.5 Å². The molecular formula is C17H17N3O5. The summed E-state index contributed by atoms with van der Waals surface area (Å²) in [5, 5.41) is 16.5. The number of ether oxygens (including phenoxy) is 2. The first-order valence-corrected chi connectivity index (χ1v) is 7.75. The number of nitrogens with zero attached hydrogens (tertiary/aromatic N) is 1. The molecule has 0 aliphatic carbocycles. The third-order valence-electron chi connectivity index (χ3n) is 3.68. The van der Waals surface area contributed by atoms with Crippen molar-refractivity contribution in [2.45, 2.75) is 13.0 Å². The molecule has 0 fully saturated rings. The van der Waals surface area contributed by atoms with Gasteiger partial charge < -0.3 is 20.1 Å². The van der Waals surface area contributed by atoms with E-state index in [-0.39, 0.29) is 11.6 Å². The number of fused-ring (bicyclic) bond motifs is 1. The lowest BCUT2D eigenvalue weighted by molar-refractivity contribution is -0.384. The maximum atomic E-state index is 12.3. The molecule has 1 heterocycles. The van der Waals surface area contributed by atoms with Crippen LogP contribution in [0.5, 0.6) is 11.5 Å². The summed E-state index contributed by atoms with van der Waals surface area (Å²) in [4.78, 5) is 22.5.